The molecule has 0 saturated carbocycles. The van der Waals surface area contributed by atoms with Crippen molar-refractivity contribution in [3.8, 4) is 0 Å². The zero-order valence-corrected chi connectivity index (χ0v) is 16.5. The number of nitro groups is 1. The molecule has 2 atom stereocenters. The molecular weight excluding hydrogens is 473 g/mol. The van der Waals surface area contributed by atoms with Crippen LogP contribution in [0.4, 0.5) is 11.4 Å². The molecule has 1 aromatic rings. The maximum absolute atomic E-state index is 10.9. The van der Waals surface area contributed by atoms with E-state index in [4.69, 9.17) is 5.11 Å². The second-order valence-corrected chi connectivity index (χ2v) is 5.10. The molecule has 1 heterocycles. The number of non-ortho nitro benzene ring substituents is 1. The number of aliphatic hydroxyl groups excluding tert-OH is 1. The summed E-state index contributed by atoms with van der Waals surface area (Å²) in [4.78, 5) is 12.6. The predicted molar refractivity (Wildman–Crippen MR) is 73.3 cm³/mol. The van der Waals surface area contributed by atoms with Crippen LogP contribution in [-0.4, -0.2) is 41.7 Å². The van der Waals surface area contributed by atoms with Crippen molar-refractivity contribution in [3.05, 3.63) is 33.9 Å². The van der Waals surface area contributed by atoms with Gasteiger partial charge in [0.25, 0.3) is 5.69 Å². The van der Waals surface area contributed by atoms with E-state index in [2.05, 4.69) is 10.2 Å². The molecule has 0 spiro atoms. The van der Waals surface area contributed by atoms with Crippen LogP contribution in [-0.2, 0) is 0 Å². The number of benzene rings is 1. The van der Waals surface area contributed by atoms with Crippen LogP contribution in [0, 0.1) is 54.2 Å². The van der Waals surface area contributed by atoms with Gasteiger partial charge in [0.2, 0.25) is 0 Å². The summed E-state index contributed by atoms with van der Waals surface area (Å²) in [6.07, 6.45) is 1.52. The quantitative estimate of drug-likeness (QED) is 0.495. The SMILES string of the molecule is CN(C)C1CC(CCO)Nc2ccc([N+](=O)[O-])cc21.[Ac]. The van der Waals surface area contributed by atoms with E-state index < -0.39 is 0 Å². The van der Waals surface area contributed by atoms with Gasteiger partial charge in [-0.15, -0.1) is 0 Å². The summed E-state index contributed by atoms with van der Waals surface area (Å²) in [7, 11) is 3.93. The minimum Gasteiger partial charge on any atom is -0.396 e. The molecule has 0 saturated heterocycles. The van der Waals surface area contributed by atoms with Gasteiger partial charge in [0.15, 0.2) is 0 Å². The van der Waals surface area contributed by atoms with Crippen molar-refractivity contribution in [1.29, 1.82) is 0 Å². The third kappa shape index (κ3) is 3.91. The van der Waals surface area contributed by atoms with Crippen molar-refractivity contribution in [2.24, 2.45) is 0 Å². The third-order valence-corrected chi connectivity index (χ3v) is 3.57. The van der Waals surface area contributed by atoms with Crippen molar-refractivity contribution >= 4 is 11.4 Å². The Labute approximate surface area is 154 Å². The topological polar surface area (TPSA) is 78.6 Å². The van der Waals surface area contributed by atoms with Gasteiger partial charge in [0.1, 0.15) is 0 Å². The van der Waals surface area contributed by atoms with E-state index in [1.807, 2.05) is 14.1 Å². The van der Waals surface area contributed by atoms with E-state index in [-0.39, 0.29) is 73.4 Å². The molecule has 1 aliphatic rings. The Morgan fingerprint density at radius 3 is 2.75 bits per heavy atom. The number of hydrogen-bond donors (Lipinski definition) is 2. The smallest absolute Gasteiger partial charge is 0.269 e. The molecule has 0 bridgehead atoms. The molecule has 2 N–H and O–H groups in total. The van der Waals surface area contributed by atoms with Gasteiger partial charge in [-0.25, -0.2) is 0 Å². The van der Waals surface area contributed by atoms with Gasteiger partial charge in [-0.1, -0.05) is 0 Å². The van der Waals surface area contributed by atoms with Crippen molar-refractivity contribution in [3.63, 3.8) is 0 Å². The van der Waals surface area contributed by atoms with Gasteiger partial charge in [-0.2, -0.15) is 0 Å². The first-order valence-corrected chi connectivity index (χ1v) is 6.35. The van der Waals surface area contributed by atoms with E-state index in [0.717, 1.165) is 17.7 Å². The number of hydrogen-bond acceptors (Lipinski definition) is 5. The molecule has 7 heteroatoms. The minimum atomic E-state index is -0.368. The van der Waals surface area contributed by atoms with Crippen LogP contribution in [0.1, 0.15) is 24.4 Å². The normalized spacial score (nSPS) is 20.8. The van der Waals surface area contributed by atoms with E-state index in [1.165, 1.54) is 6.07 Å². The van der Waals surface area contributed by atoms with Crippen LogP contribution in [0.2, 0.25) is 0 Å². The first kappa shape index (κ1) is 17.8. The second-order valence-electron chi connectivity index (χ2n) is 5.10. The average molecular weight is 492 g/mol. The summed E-state index contributed by atoms with van der Waals surface area (Å²) < 4.78 is 0. The van der Waals surface area contributed by atoms with Gasteiger partial charge in [0.05, 0.1) is 4.92 Å². The standard InChI is InChI=1S/C13H19N3O3.Ac/c1-15(2)13-7-9(5-6-17)14-12-4-3-10(16(18)19)8-11(12)13;/h3-4,8-9,13-14,17H,5-7H2,1-2H3;. The summed E-state index contributed by atoms with van der Waals surface area (Å²) >= 11 is 0. The number of fused-ring (bicyclic) bond motifs is 1. The molecule has 2 unspecified atom stereocenters. The van der Waals surface area contributed by atoms with Crippen molar-refractivity contribution < 1.29 is 54.1 Å². The Bertz CT molecular complexity index is 482. The number of nitrogens with zero attached hydrogens (tertiary/aromatic N) is 2. The maximum atomic E-state index is 10.9. The van der Waals surface area contributed by atoms with Crippen LogP contribution in [0.25, 0.3) is 0 Å². The van der Waals surface area contributed by atoms with Gasteiger partial charge in [0, 0.05) is 80.6 Å². The molecular formula is C13H19AcN3O3. The van der Waals surface area contributed by atoms with Crippen LogP contribution >= 0.6 is 0 Å². The summed E-state index contributed by atoms with van der Waals surface area (Å²) in [5.74, 6) is 0. The summed E-state index contributed by atoms with van der Waals surface area (Å²) in [5, 5.41) is 23.3. The molecule has 0 aromatic heterocycles. The van der Waals surface area contributed by atoms with Crippen LogP contribution < -0.4 is 5.32 Å². The fourth-order valence-corrected chi connectivity index (χ4v) is 2.58. The second kappa shape index (κ2) is 7.69. The number of nitrogens with one attached hydrogen (secondary N) is 1. The van der Waals surface area contributed by atoms with Gasteiger partial charge in [-0.3, -0.25) is 10.1 Å². The Morgan fingerprint density at radius 2 is 2.20 bits per heavy atom. The minimum absolute atomic E-state index is 0. The molecule has 1 aliphatic heterocycles. The van der Waals surface area contributed by atoms with Gasteiger partial charge >= 0.3 is 0 Å². The first-order chi connectivity index (χ1) is 9.02. The first-order valence-electron chi connectivity index (χ1n) is 6.35. The number of anilines is 1. The van der Waals surface area contributed by atoms with E-state index in [0.29, 0.717) is 6.42 Å². The summed E-state index contributed by atoms with van der Waals surface area (Å²) in [6.45, 7) is 0.139. The molecule has 0 amide bonds. The molecule has 20 heavy (non-hydrogen) atoms. The summed E-state index contributed by atoms with van der Waals surface area (Å²) in [6, 6.07) is 5.24. The monoisotopic (exact) mass is 492 g/mol. The molecule has 0 aliphatic carbocycles. The predicted octanol–water partition coefficient (Wildman–Crippen LogP) is 1.76. The molecule has 1 radical (unpaired) electrons. The van der Waals surface area contributed by atoms with Crippen LogP contribution in [0.3, 0.4) is 0 Å². The third-order valence-electron chi connectivity index (χ3n) is 3.57. The molecule has 1 aromatic carbocycles. The van der Waals surface area contributed by atoms with E-state index in [1.54, 1.807) is 12.1 Å². The number of aliphatic hydroxyl groups is 1. The van der Waals surface area contributed by atoms with Crippen molar-refractivity contribution in [1.82, 2.24) is 4.90 Å². The zero-order chi connectivity index (χ0) is 14.0. The van der Waals surface area contributed by atoms with Crippen LogP contribution in [0.15, 0.2) is 18.2 Å². The average Bonchev–Trinajstić information content (AvgIpc) is 2.37. The van der Waals surface area contributed by atoms with E-state index in [9.17, 15) is 10.1 Å². The molecule has 0 fully saturated rings. The van der Waals surface area contributed by atoms with Gasteiger partial charge < -0.3 is 15.3 Å². The Kier molecular flexibility index (Phi) is 6.86. The van der Waals surface area contributed by atoms with Crippen LogP contribution in [0.5, 0.6) is 0 Å². The molecule has 6 nitrogen and oxygen atoms in total. The maximum Gasteiger partial charge on any atom is 0.269 e. The fraction of sp³-hybridized carbons (Fsp3) is 0.538. The fourth-order valence-electron chi connectivity index (χ4n) is 2.58. The van der Waals surface area contributed by atoms with Gasteiger partial charge in [-0.05, 0) is 38.6 Å². The zero-order valence-electron chi connectivity index (χ0n) is 11.7. The number of nitro benzene ring substituents is 1. The Hall–Kier alpha value is -0.218. The molecule has 107 valence electrons. The summed E-state index contributed by atoms with van der Waals surface area (Å²) in [5.41, 5.74) is 2.00. The Morgan fingerprint density at radius 1 is 1.50 bits per heavy atom. The van der Waals surface area contributed by atoms with E-state index >= 15 is 0 Å². The van der Waals surface area contributed by atoms with Crippen molar-refractivity contribution in [2.45, 2.75) is 24.9 Å². The van der Waals surface area contributed by atoms with Crippen molar-refractivity contribution in [2.75, 3.05) is 26.0 Å². The largest absolute Gasteiger partial charge is 0.396 e. The molecule has 2 rings (SSSR count). The Balaban J connectivity index is 0.00000200. The number of rotatable bonds is 4.